The Kier molecular flexibility index (Phi) is 4.88. The first-order valence-electron chi connectivity index (χ1n) is 5.84. The van der Waals surface area contributed by atoms with Crippen LogP contribution < -0.4 is 5.32 Å². The van der Waals surface area contributed by atoms with E-state index in [4.69, 9.17) is 9.63 Å². The molecule has 1 aromatic rings. The molecule has 1 amide bonds. The highest BCUT2D eigenvalue weighted by Crippen LogP contribution is 2.12. The zero-order valence-electron chi connectivity index (χ0n) is 10.8. The van der Waals surface area contributed by atoms with Gasteiger partial charge in [-0.15, -0.1) is 0 Å². The SMILES string of the molecule is Cc1cnoc1C(=O)NCC(CC(C)C)C(=O)O. The molecule has 0 saturated heterocycles. The summed E-state index contributed by atoms with van der Waals surface area (Å²) in [6.07, 6.45) is 1.96. The number of carbonyl (C=O) groups excluding carboxylic acids is 1. The van der Waals surface area contributed by atoms with Crippen LogP contribution in [-0.4, -0.2) is 28.7 Å². The number of hydrogen-bond donors (Lipinski definition) is 2. The van der Waals surface area contributed by atoms with Gasteiger partial charge in [0, 0.05) is 12.1 Å². The van der Waals surface area contributed by atoms with Gasteiger partial charge in [-0.2, -0.15) is 0 Å². The Morgan fingerprint density at radius 1 is 1.50 bits per heavy atom. The monoisotopic (exact) mass is 254 g/mol. The Balaban J connectivity index is 2.55. The Morgan fingerprint density at radius 3 is 2.61 bits per heavy atom. The predicted molar refractivity (Wildman–Crippen MR) is 64.2 cm³/mol. The van der Waals surface area contributed by atoms with Crippen LogP contribution in [-0.2, 0) is 4.79 Å². The van der Waals surface area contributed by atoms with Gasteiger partial charge >= 0.3 is 5.97 Å². The summed E-state index contributed by atoms with van der Waals surface area (Å²) in [6, 6.07) is 0. The molecule has 100 valence electrons. The van der Waals surface area contributed by atoms with Gasteiger partial charge in [-0.25, -0.2) is 0 Å². The van der Waals surface area contributed by atoms with E-state index in [1.165, 1.54) is 6.20 Å². The van der Waals surface area contributed by atoms with Gasteiger partial charge in [-0.3, -0.25) is 9.59 Å². The minimum atomic E-state index is -0.904. The zero-order valence-corrected chi connectivity index (χ0v) is 10.8. The maximum absolute atomic E-state index is 11.7. The van der Waals surface area contributed by atoms with Crippen LogP contribution in [0.1, 0.15) is 36.4 Å². The highest BCUT2D eigenvalue weighted by molar-refractivity contribution is 5.92. The highest BCUT2D eigenvalue weighted by atomic mass is 16.5. The van der Waals surface area contributed by atoms with E-state index in [0.717, 1.165) is 0 Å². The fraction of sp³-hybridized carbons (Fsp3) is 0.583. The molecule has 0 aromatic carbocycles. The molecule has 0 aliphatic carbocycles. The van der Waals surface area contributed by atoms with Crippen molar-refractivity contribution >= 4 is 11.9 Å². The molecule has 1 heterocycles. The third-order valence-electron chi connectivity index (χ3n) is 2.57. The molecule has 0 spiro atoms. The Labute approximate surface area is 105 Å². The van der Waals surface area contributed by atoms with E-state index in [1.54, 1.807) is 6.92 Å². The summed E-state index contributed by atoms with van der Waals surface area (Å²) < 4.78 is 4.79. The van der Waals surface area contributed by atoms with Crippen molar-refractivity contribution in [1.82, 2.24) is 10.5 Å². The largest absolute Gasteiger partial charge is 0.481 e. The summed E-state index contributed by atoms with van der Waals surface area (Å²) in [5.74, 6) is -1.53. The van der Waals surface area contributed by atoms with Crippen LogP contribution >= 0.6 is 0 Å². The maximum atomic E-state index is 11.7. The summed E-state index contributed by atoms with van der Waals surface area (Å²) in [7, 11) is 0. The second-order valence-electron chi connectivity index (χ2n) is 4.71. The number of carbonyl (C=O) groups is 2. The van der Waals surface area contributed by atoms with E-state index < -0.39 is 17.8 Å². The fourth-order valence-corrected chi connectivity index (χ4v) is 1.65. The minimum absolute atomic E-state index is 0.0898. The van der Waals surface area contributed by atoms with Crippen molar-refractivity contribution in [2.45, 2.75) is 27.2 Å². The quantitative estimate of drug-likeness (QED) is 0.801. The van der Waals surface area contributed by atoms with Crippen LogP contribution in [0, 0.1) is 18.8 Å². The number of carboxylic acid groups (broad SMARTS) is 1. The molecule has 0 radical (unpaired) electrons. The number of carboxylic acids is 1. The molecule has 0 aliphatic rings. The molecule has 6 heteroatoms. The third-order valence-corrected chi connectivity index (χ3v) is 2.57. The van der Waals surface area contributed by atoms with Gasteiger partial charge in [-0.05, 0) is 19.3 Å². The molecule has 1 atom stereocenters. The molecule has 0 aliphatic heterocycles. The number of rotatable bonds is 6. The van der Waals surface area contributed by atoms with Gasteiger partial charge in [0.05, 0.1) is 12.1 Å². The molecule has 2 N–H and O–H groups in total. The van der Waals surface area contributed by atoms with Crippen LogP contribution in [0.5, 0.6) is 0 Å². The first kappa shape index (κ1) is 14.2. The highest BCUT2D eigenvalue weighted by Gasteiger charge is 2.21. The molecular formula is C12H18N2O4. The van der Waals surface area contributed by atoms with Gasteiger partial charge in [-0.1, -0.05) is 19.0 Å². The summed E-state index contributed by atoms with van der Waals surface area (Å²) in [4.78, 5) is 22.7. The van der Waals surface area contributed by atoms with Crippen LogP contribution in [0.4, 0.5) is 0 Å². The first-order valence-corrected chi connectivity index (χ1v) is 5.84. The summed E-state index contributed by atoms with van der Waals surface area (Å²) in [5, 5.41) is 15.1. The molecule has 1 unspecified atom stereocenters. The second kappa shape index (κ2) is 6.18. The number of nitrogens with zero attached hydrogens (tertiary/aromatic N) is 1. The second-order valence-corrected chi connectivity index (χ2v) is 4.71. The molecule has 18 heavy (non-hydrogen) atoms. The van der Waals surface area contributed by atoms with Gasteiger partial charge in [0.15, 0.2) is 0 Å². The molecule has 0 saturated carbocycles. The van der Waals surface area contributed by atoms with E-state index in [2.05, 4.69) is 10.5 Å². The number of nitrogens with one attached hydrogen (secondary N) is 1. The Hall–Kier alpha value is -1.85. The fourth-order valence-electron chi connectivity index (χ4n) is 1.65. The summed E-state index contributed by atoms with van der Waals surface area (Å²) in [5.41, 5.74) is 0.628. The lowest BCUT2D eigenvalue weighted by molar-refractivity contribution is -0.142. The van der Waals surface area contributed by atoms with Crippen LogP contribution in [0.25, 0.3) is 0 Å². The molecule has 1 aromatic heterocycles. The average molecular weight is 254 g/mol. The number of aliphatic carboxylic acids is 1. The van der Waals surface area contributed by atoms with Crippen LogP contribution in [0.2, 0.25) is 0 Å². The molecule has 1 rings (SSSR count). The third kappa shape index (κ3) is 3.87. The van der Waals surface area contributed by atoms with Gasteiger partial charge in [0.25, 0.3) is 5.91 Å². The normalized spacial score (nSPS) is 12.4. The standard InChI is InChI=1S/C12H18N2O4/c1-7(2)4-9(12(16)17)6-13-11(15)10-8(3)5-14-18-10/h5,7,9H,4,6H2,1-3H3,(H,13,15)(H,16,17). The lowest BCUT2D eigenvalue weighted by Gasteiger charge is -2.14. The number of hydrogen-bond acceptors (Lipinski definition) is 4. The van der Waals surface area contributed by atoms with Crippen molar-refractivity contribution in [3.05, 3.63) is 17.5 Å². The first-order chi connectivity index (χ1) is 8.41. The number of aromatic nitrogens is 1. The predicted octanol–water partition coefficient (Wildman–Crippen LogP) is 1.46. The van der Waals surface area contributed by atoms with Crippen molar-refractivity contribution in [1.29, 1.82) is 0 Å². The van der Waals surface area contributed by atoms with Crippen molar-refractivity contribution in [3.63, 3.8) is 0 Å². The molecule has 0 fully saturated rings. The Bertz CT molecular complexity index is 425. The smallest absolute Gasteiger partial charge is 0.308 e. The van der Waals surface area contributed by atoms with Gasteiger partial charge < -0.3 is 14.9 Å². The van der Waals surface area contributed by atoms with Crippen LogP contribution in [0.3, 0.4) is 0 Å². The van der Waals surface area contributed by atoms with E-state index in [0.29, 0.717) is 12.0 Å². The van der Waals surface area contributed by atoms with Gasteiger partial charge in [0.1, 0.15) is 0 Å². The summed E-state index contributed by atoms with van der Waals surface area (Å²) >= 11 is 0. The lowest BCUT2D eigenvalue weighted by atomic mass is 9.97. The van der Waals surface area contributed by atoms with Crippen molar-refractivity contribution in [3.8, 4) is 0 Å². The lowest BCUT2D eigenvalue weighted by Crippen LogP contribution is -2.33. The van der Waals surface area contributed by atoms with Crippen molar-refractivity contribution in [2.24, 2.45) is 11.8 Å². The molecule has 0 bridgehead atoms. The van der Waals surface area contributed by atoms with E-state index in [1.807, 2.05) is 13.8 Å². The Morgan fingerprint density at radius 2 is 2.17 bits per heavy atom. The zero-order chi connectivity index (χ0) is 13.7. The topological polar surface area (TPSA) is 92.4 Å². The van der Waals surface area contributed by atoms with Crippen molar-refractivity contribution < 1.29 is 19.2 Å². The molecule has 6 nitrogen and oxygen atoms in total. The minimum Gasteiger partial charge on any atom is -0.481 e. The van der Waals surface area contributed by atoms with E-state index in [9.17, 15) is 9.59 Å². The average Bonchev–Trinajstić information content (AvgIpc) is 2.69. The maximum Gasteiger partial charge on any atom is 0.308 e. The molecular weight excluding hydrogens is 236 g/mol. The van der Waals surface area contributed by atoms with Crippen molar-refractivity contribution in [2.75, 3.05) is 6.54 Å². The summed E-state index contributed by atoms with van der Waals surface area (Å²) in [6.45, 7) is 5.68. The van der Waals surface area contributed by atoms with Gasteiger partial charge in [0.2, 0.25) is 5.76 Å². The van der Waals surface area contributed by atoms with E-state index in [-0.39, 0.29) is 18.2 Å². The van der Waals surface area contributed by atoms with E-state index >= 15 is 0 Å². The van der Waals surface area contributed by atoms with Crippen LogP contribution in [0.15, 0.2) is 10.7 Å². The number of amides is 1. The number of aryl methyl sites for hydroxylation is 1.